The van der Waals surface area contributed by atoms with Crippen LogP contribution in [0.4, 0.5) is 4.39 Å². The molecule has 0 bridgehead atoms. The molecule has 1 aliphatic carbocycles. The van der Waals surface area contributed by atoms with Crippen LogP contribution in [0.1, 0.15) is 36.0 Å². The normalized spacial score (nSPS) is 23.7. The Balaban J connectivity index is 2.09. The molecule has 0 saturated heterocycles. The summed E-state index contributed by atoms with van der Waals surface area (Å²) in [5.74, 6) is -1.25. The molecule has 0 aliphatic heterocycles. The molecular weight excluding hydrogens is 257 g/mol. The zero-order valence-electron chi connectivity index (χ0n) is 9.83. The van der Waals surface area contributed by atoms with E-state index >= 15 is 0 Å². The highest BCUT2D eigenvalue weighted by Gasteiger charge is 2.25. The lowest BCUT2D eigenvalue weighted by Crippen LogP contribution is -2.45. The Labute approximate surface area is 110 Å². The van der Waals surface area contributed by atoms with Crippen molar-refractivity contribution in [2.45, 2.75) is 37.8 Å². The molecule has 18 heavy (non-hydrogen) atoms. The highest BCUT2D eigenvalue weighted by Crippen LogP contribution is 2.21. The summed E-state index contributed by atoms with van der Waals surface area (Å²) in [6, 6.07) is 4.00. The van der Waals surface area contributed by atoms with E-state index in [-0.39, 0.29) is 16.6 Å². The predicted octanol–water partition coefficient (Wildman–Crippen LogP) is 2.51. The minimum absolute atomic E-state index is 0.0770. The predicted molar refractivity (Wildman–Crippen MR) is 67.1 cm³/mol. The molecule has 0 spiro atoms. The molecule has 1 aromatic carbocycles. The van der Waals surface area contributed by atoms with Gasteiger partial charge in [0.1, 0.15) is 0 Å². The Morgan fingerprint density at radius 2 is 2.11 bits per heavy atom. The van der Waals surface area contributed by atoms with Crippen LogP contribution in [0.15, 0.2) is 18.2 Å². The third-order valence-corrected chi connectivity index (χ3v) is 3.53. The Bertz CT molecular complexity index is 453. The average molecular weight is 272 g/mol. The van der Waals surface area contributed by atoms with Crippen molar-refractivity contribution in [3.05, 3.63) is 34.6 Å². The van der Waals surface area contributed by atoms with Crippen LogP contribution in [0.3, 0.4) is 0 Å². The largest absolute Gasteiger partial charge is 0.391 e. The van der Waals surface area contributed by atoms with Gasteiger partial charge in [-0.25, -0.2) is 4.39 Å². The van der Waals surface area contributed by atoms with E-state index in [1.54, 1.807) is 0 Å². The molecule has 0 unspecified atom stereocenters. The second-order valence-corrected chi connectivity index (χ2v) is 4.94. The second-order valence-electron chi connectivity index (χ2n) is 4.53. The van der Waals surface area contributed by atoms with Crippen LogP contribution in [0.25, 0.3) is 0 Å². The number of carbonyl (C=O) groups is 1. The van der Waals surface area contributed by atoms with Gasteiger partial charge in [-0.05, 0) is 25.0 Å². The SMILES string of the molecule is O=C(N[C@H]1CCCC[C@@H]1O)c1cccc(Cl)c1F. The zero-order chi connectivity index (χ0) is 13.1. The van der Waals surface area contributed by atoms with Gasteiger partial charge in [-0.1, -0.05) is 30.5 Å². The Morgan fingerprint density at radius 1 is 1.39 bits per heavy atom. The van der Waals surface area contributed by atoms with Gasteiger partial charge in [0.2, 0.25) is 0 Å². The fraction of sp³-hybridized carbons (Fsp3) is 0.462. The van der Waals surface area contributed by atoms with E-state index in [0.29, 0.717) is 6.42 Å². The first kappa shape index (κ1) is 13.3. The molecule has 1 amide bonds. The molecule has 1 saturated carbocycles. The number of rotatable bonds is 2. The van der Waals surface area contributed by atoms with E-state index in [9.17, 15) is 14.3 Å². The van der Waals surface area contributed by atoms with Gasteiger partial charge in [-0.2, -0.15) is 0 Å². The van der Waals surface area contributed by atoms with E-state index in [1.807, 2.05) is 0 Å². The molecule has 0 heterocycles. The fourth-order valence-corrected chi connectivity index (χ4v) is 2.38. The lowest BCUT2D eigenvalue weighted by Gasteiger charge is -2.28. The standard InChI is InChI=1S/C13H15ClFNO2/c14-9-5-3-4-8(12(9)15)13(18)16-10-6-1-2-7-11(10)17/h3-5,10-11,17H,1-2,6-7H2,(H,16,18)/t10-,11-/m0/s1. The van der Waals surface area contributed by atoms with Crippen LogP contribution in [0.5, 0.6) is 0 Å². The number of hydrogen-bond donors (Lipinski definition) is 2. The van der Waals surface area contributed by atoms with Crippen molar-refractivity contribution in [3.63, 3.8) is 0 Å². The topological polar surface area (TPSA) is 49.3 Å². The molecule has 0 radical (unpaired) electrons. The number of aliphatic hydroxyl groups is 1. The molecule has 98 valence electrons. The van der Waals surface area contributed by atoms with Crippen LogP contribution < -0.4 is 5.32 Å². The lowest BCUT2D eigenvalue weighted by molar-refractivity contribution is 0.0714. The summed E-state index contributed by atoms with van der Waals surface area (Å²) in [5.41, 5.74) is -0.0831. The molecule has 2 N–H and O–H groups in total. The third-order valence-electron chi connectivity index (χ3n) is 3.24. The van der Waals surface area contributed by atoms with Crippen LogP contribution in [-0.2, 0) is 0 Å². The van der Waals surface area contributed by atoms with Crippen molar-refractivity contribution in [3.8, 4) is 0 Å². The number of amides is 1. The zero-order valence-corrected chi connectivity index (χ0v) is 10.6. The van der Waals surface area contributed by atoms with E-state index in [4.69, 9.17) is 11.6 Å². The molecule has 3 nitrogen and oxygen atoms in total. The number of hydrogen-bond acceptors (Lipinski definition) is 2. The summed E-state index contributed by atoms with van der Waals surface area (Å²) in [7, 11) is 0. The van der Waals surface area contributed by atoms with Gasteiger partial charge in [0, 0.05) is 0 Å². The fourth-order valence-electron chi connectivity index (χ4n) is 2.20. The third kappa shape index (κ3) is 2.82. The first-order valence-electron chi connectivity index (χ1n) is 6.02. The monoisotopic (exact) mass is 271 g/mol. The minimum Gasteiger partial charge on any atom is -0.391 e. The molecule has 0 aromatic heterocycles. The number of nitrogens with one attached hydrogen (secondary N) is 1. The summed E-state index contributed by atoms with van der Waals surface area (Å²) in [6.07, 6.45) is 2.75. The van der Waals surface area contributed by atoms with Crippen LogP contribution in [0, 0.1) is 5.82 Å². The Morgan fingerprint density at radius 3 is 2.83 bits per heavy atom. The van der Waals surface area contributed by atoms with E-state index in [2.05, 4.69) is 5.32 Å². The van der Waals surface area contributed by atoms with Crippen molar-refractivity contribution < 1.29 is 14.3 Å². The maximum atomic E-state index is 13.6. The molecule has 1 aliphatic rings. The van der Waals surface area contributed by atoms with Crippen molar-refractivity contribution in [1.82, 2.24) is 5.32 Å². The van der Waals surface area contributed by atoms with Gasteiger partial charge < -0.3 is 10.4 Å². The highest BCUT2D eigenvalue weighted by atomic mass is 35.5. The van der Waals surface area contributed by atoms with Crippen LogP contribution >= 0.6 is 11.6 Å². The lowest BCUT2D eigenvalue weighted by atomic mass is 9.92. The number of aliphatic hydroxyl groups excluding tert-OH is 1. The van der Waals surface area contributed by atoms with E-state index in [0.717, 1.165) is 19.3 Å². The second kappa shape index (κ2) is 5.67. The summed E-state index contributed by atoms with van der Waals surface area (Å²) in [5, 5.41) is 12.3. The van der Waals surface area contributed by atoms with Crippen molar-refractivity contribution in [1.29, 1.82) is 0 Å². The number of halogens is 2. The van der Waals surface area contributed by atoms with Gasteiger partial charge in [0.05, 0.1) is 22.7 Å². The molecule has 2 rings (SSSR count). The van der Waals surface area contributed by atoms with Gasteiger partial charge in [-0.15, -0.1) is 0 Å². The average Bonchev–Trinajstić information content (AvgIpc) is 2.35. The number of carbonyl (C=O) groups excluding carboxylic acids is 1. The molecular formula is C13H15ClFNO2. The maximum Gasteiger partial charge on any atom is 0.254 e. The van der Waals surface area contributed by atoms with E-state index in [1.165, 1.54) is 18.2 Å². The summed E-state index contributed by atoms with van der Waals surface area (Å²) >= 11 is 5.62. The molecule has 5 heteroatoms. The first-order valence-corrected chi connectivity index (χ1v) is 6.40. The van der Waals surface area contributed by atoms with E-state index < -0.39 is 17.8 Å². The van der Waals surface area contributed by atoms with Gasteiger partial charge in [-0.3, -0.25) is 4.79 Å². The summed E-state index contributed by atoms with van der Waals surface area (Å²) in [6.45, 7) is 0. The Hall–Kier alpha value is -1.13. The molecule has 1 fully saturated rings. The Kier molecular flexibility index (Phi) is 4.19. The van der Waals surface area contributed by atoms with Crippen LogP contribution in [-0.4, -0.2) is 23.2 Å². The van der Waals surface area contributed by atoms with Gasteiger partial charge in [0.25, 0.3) is 5.91 Å². The first-order chi connectivity index (χ1) is 8.59. The summed E-state index contributed by atoms with van der Waals surface area (Å²) in [4.78, 5) is 11.9. The summed E-state index contributed by atoms with van der Waals surface area (Å²) < 4.78 is 13.6. The van der Waals surface area contributed by atoms with Crippen LogP contribution in [0.2, 0.25) is 5.02 Å². The van der Waals surface area contributed by atoms with Gasteiger partial charge in [0.15, 0.2) is 5.82 Å². The minimum atomic E-state index is -0.720. The molecule has 1 aromatic rings. The quantitative estimate of drug-likeness (QED) is 0.868. The van der Waals surface area contributed by atoms with Gasteiger partial charge >= 0.3 is 0 Å². The highest BCUT2D eigenvalue weighted by molar-refractivity contribution is 6.31. The molecule has 2 atom stereocenters. The van der Waals surface area contributed by atoms with Crippen molar-refractivity contribution in [2.75, 3.05) is 0 Å². The maximum absolute atomic E-state index is 13.6. The smallest absolute Gasteiger partial charge is 0.254 e. The van der Waals surface area contributed by atoms with Crippen molar-refractivity contribution >= 4 is 17.5 Å². The van der Waals surface area contributed by atoms with Crippen molar-refractivity contribution in [2.24, 2.45) is 0 Å². The number of benzene rings is 1.